The van der Waals surface area contributed by atoms with Gasteiger partial charge in [-0.15, -0.1) is 0 Å². The molecule has 0 spiro atoms. The Bertz CT molecular complexity index is 592. The number of aromatic nitrogens is 2. The fourth-order valence-electron chi connectivity index (χ4n) is 3.09. The molecule has 2 heterocycles. The second-order valence-corrected chi connectivity index (χ2v) is 6.85. The van der Waals surface area contributed by atoms with Gasteiger partial charge in [0, 0.05) is 12.4 Å². The molecule has 2 nitrogen and oxygen atoms in total. The molecule has 0 fully saturated rings. The van der Waals surface area contributed by atoms with Crippen molar-refractivity contribution in [2.45, 2.75) is 78.1 Å². The molecule has 0 bridgehead atoms. The largest absolute Gasteiger partial charge is 0.255 e. The fraction of sp³-hybridized carbons (Fsp3) is 0.545. The van der Waals surface area contributed by atoms with Crippen molar-refractivity contribution in [3.05, 3.63) is 47.8 Å². The first-order chi connectivity index (χ1) is 11.8. The van der Waals surface area contributed by atoms with Crippen LogP contribution < -0.4 is 0 Å². The molecular formula is C22H32N2. The minimum atomic E-state index is 0.976. The van der Waals surface area contributed by atoms with Gasteiger partial charge >= 0.3 is 0 Å². The number of hydrogen-bond donors (Lipinski definition) is 0. The number of unbranched alkanes of at least 4 members (excludes halogenated alkanes) is 8. The summed E-state index contributed by atoms with van der Waals surface area (Å²) in [6.45, 7) is 4.37. The molecule has 0 aliphatic carbocycles. The van der Waals surface area contributed by atoms with Crippen LogP contribution in [0.5, 0.6) is 0 Å². The topological polar surface area (TPSA) is 25.8 Å². The van der Waals surface area contributed by atoms with Gasteiger partial charge in [0.05, 0.1) is 11.4 Å². The first-order valence-corrected chi connectivity index (χ1v) is 9.67. The van der Waals surface area contributed by atoms with Crippen molar-refractivity contribution in [1.29, 1.82) is 0 Å². The molecule has 0 aliphatic heterocycles. The first kappa shape index (κ1) is 18.6. The molecule has 130 valence electrons. The predicted molar refractivity (Wildman–Crippen MR) is 103 cm³/mol. The van der Waals surface area contributed by atoms with Crippen LogP contribution in [0.1, 0.15) is 75.8 Å². The summed E-state index contributed by atoms with van der Waals surface area (Å²) in [5.41, 5.74) is 4.58. The van der Waals surface area contributed by atoms with E-state index in [1.807, 2.05) is 18.5 Å². The first-order valence-electron chi connectivity index (χ1n) is 9.67. The molecule has 0 aromatic carbocycles. The maximum atomic E-state index is 4.48. The Labute approximate surface area is 147 Å². The molecule has 0 amide bonds. The van der Waals surface area contributed by atoms with Gasteiger partial charge in [-0.05, 0) is 55.2 Å². The molecule has 0 saturated carbocycles. The highest BCUT2D eigenvalue weighted by molar-refractivity contribution is 5.55. The van der Waals surface area contributed by atoms with Gasteiger partial charge in [-0.1, -0.05) is 58.3 Å². The number of aryl methyl sites for hydroxylation is 2. The minimum Gasteiger partial charge on any atom is -0.255 e. The molecule has 0 saturated heterocycles. The Balaban J connectivity index is 1.69. The van der Waals surface area contributed by atoms with Gasteiger partial charge in [0.25, 0.3) is 0 Å². The van der Waals surface area contributed by atoms with Gasteiger partial charge in [-0.3, -0.25) is 9.97 Å². The summed E-state index contributed by atoms with van der Waals surface area (Å²) in [7, 11) is 0. The maximum Gasteiger partial charge on any atom is 0.0888 e. The summed E-state index contributed by atoms with van der Waals surface area (Å²) in [5, 5.41) is 0. The highest BCUT2D eigenvalue weighted by atomic mass is 14.8. The van der Waals surface area contributed by atoms with Gasteiger partial charge in [0.2, 0.25) is 0 Å². The van der Waals surface area contributed by atoms with Gasteiger partial charge < -0.3 is 0 Å². The SMILES string of the molecule is CCCCCCCCCCCc1ccnc(-c2cc(C)ccn2)c1. The number of nitrogens with zero attached hydrogens (tertiary/aromatic N) is 2. The van der Waals surface area contributed by atoms with Crippen LogP contribution in [0.2, 0.25) is 0 Å². The number of rotatable bonds is 11. The van der Waals surface area contributed by atoms with E-state index in [0.29, 0.717) is 0 Å². The molecule has 0 radical (unpaired) electrons. The summed E-state index contributed by atoms with van der Waals surface area (Å²) in [6.07, 6.45) is 17.3. The molecule has 0 N–H and O–H groups in total. The van der Waals surface area contributed by atoms with Crippen molar-refractivity contribution in [2.24, 2.45) is 0 Å². The van der Waals surface area contributed by atoms with Crippen LogP contribution in [-0.4, -0.2) is 9.97 Å². The number of hydrogen-bond acceptors (Lipinski definition) is 2. The van der Waals surface area contributed by atoms with E-state index < -0.39 is 0 Å². The van der Waals surface area contributed by atoms with Crippen LogP contribution in [-0.2, 0) is 6.42 Å². The van der Waals surface area contributed by atoms with E-state index in [9.17, 15) is 0 Å². The van der Waals surface area contributed by atoms with Crippen molar-refractivity contribution in [3.8, 4) is 11.4 Å². The van der Waals surface area contributed by atoms with E-state index in [2.05, 4.69) is 42.0 Å². The van der Waals surface area contributed by atoms with Crippen molar-refractivity contribution in [2.75, 3.05) is 0 Å². The zero-order valence-electron chi connectivity index (χ0n) is 15.4. The second-order valence-electron chi connectivity index (χ2n) is 6.85. The van der Waals surface area contributed by atoms with Crippen LogP contribution in [0.25, 0.3) is 11.4 Å². The Morgan fingerprint density at radius 1 is 0.708 bits per heavy atom. The second kappa shape index (κ2) is 11.0. The molecule has 24 heavy (non-hydrogen) atoms. The molecule has 0 aliphatic rings. The normalized spacial score (nSPS) is 10.9. The molecule has 2 heteroatoms. The molecule has 0 atom stereocenters. The lowest BCUT2D eigenvalue weighted by molar-refractivity contribution is 0.565. The summed E-state index contributed by atoms with van der Waals surface area (Å²) >= 11 is 0. The van der Waals surface area contributed by atoms with E-state index in [1.54, 1.807) is 0 Å². The van der Waals surface area contributed by atoms with E-state index in [1.165, 1.54) is 68.9 Å². The monoisotopic (exact) mass is 324 g/mol. The number of pyridine rings is 2. The Morgan fingerprint density at radius 3 is 1.96 bits per heavy atom. The third-order valence-electron chi connectivity index (χ3n) is 4.57. The maximum absolute atomic E-state index is 4.48. The van der Waals surface area contributed by atoms with Gasteiger partial charge in [0.1, 0.15) is 0 Å². The zero-order valence-corrected chi connectivity index (χ0v) is 15.4. The molecule has 2 rings (SSSR count). The quantitative estimate of drug-likeness (QED) is 0.439. The van der Waals surface area contributed by atoms with E-state index in [0.717, 1.165) is 17.8 Å². The molecule has 0 unspecified atom stereocenters. The Kier molecular flexibility index (Phi) is 8.51. The van der Waals surface area contributed by atoms with Crippen LogP contribution >= 0.6 is 0 Å². The molecule has 2 aromatic heterocycles. The smallest absolute Gasteiger partial charge is 0.0888 e. The van der Waals surface area contributed by atoms with Crippen molar-refractivity contribution in [1.82, 2.24) is 9.97 Å². The van der Waals surface area contributed by atoms with Crippen LogP contribution in [0.3, 0.4) is 0 Å². The van der Waals surface area contributed by atoms with Gasteiger partial charge in [-0.25, -0.2) is 0 Å². The van der Waals surface area contributed by atoms with Crippen molar-refractivity contribution < 1.29 is 0 Å². The van der Waals surface area contributed by atoms with E-state index in [4.69, 9.17) is 0 Å². The van der Waals surface area contributed by atoms with Crippen molar-refractivity contribution >= 4 is 0 Å². The van der Waals surface area contributed by atoms with E-state index >= 15 is 0 Å². The average Bonchev–Trinajstić information content (AvgIpc) is 2.61. The standard InChI is InChI=1S/C22H32N2/c1-3-4-5-6-7-8-9-10-11-12-20-14-16-24-22(18-20)21-17-19(2)13-15-23-21/h13-18H,3-12H2,1-2H3. The highest BCUT2D eigenvalue weighted by Gasteiger charge is 2.03. The summed E-state index contributed by atoms with van der Waals surface area (Å²) in [4.78, 5) is 8.92. The molecule has 2 aromatic rings. The van der Waals surface area contributed by atoms with Crippen molar-refractivity contribution in [3.63, 3.8) is 0 Å². The lowest BCUT2D eigenvalue weighted by Gasteiger charge is -2.05. The van der Waals surface area contributed by atoms with E-state index in [-0.39, 0.29) is 0 Å². The third kappa shape index (κ3) is 6.82. The summed E-state index contributed by atoms with van der Waals surface area (Å²) in [6, 6.07) is 8.47. The zero-order chi connectivity index (χ0) is 17.0. The molecular weight excluding hydrogens is 292 g/mol. The van der Waals surface area contributed by atoms with Crippen LogP contribution in [0.15, 0.2) is 36.7 Å². The summed E-state index contributed by atoms with van der Waals surface area (Å²) in [5.74, 6) is 0. The summed E-state index contributed by atoms with van der Waals surface area (Å²) < 4.78 is 0. The minimum absolute atomic E-state index is 0.976. The highest BCUT2D eigenvalue weighted by Crippen LogP contribution is 2.18. The van der Waals surface area contributed by atoms with Gasteiger partial charge in [-0.2, -0.15) is 0 Å². The predicted octanol–water partition coefficient (Wildman–Crippen LogP) is 6.53. The Hall–Kier alpha value is -1.70. The Morgan fingerprint density at radius 2 is 1.29 bits per heavy atom. The lowest BCUT2D eigenvalue weighted by Crippen LogP contribution is -1.92. The average molecular weight is 325 g/mol. The third-order valence-corrected chi connectivity index (χ3v) is 4.57. The van der Waals surface area contributed by atoms with Crippen LogP contribution in [0.4, 0.5) is 0 Å². The van der Waals surface area contributed by atoms with Gasteiger partial charge in [0.15, 0.2) is 0 Å². The fourth-order valence-corrected chi connectivity index (χ4v) is 3.09. The lowest BCUT2D eigenvalue weighted by atomic mass is 10.0. The van der Waals surface area contributed by atoms with Crippen LogP contribution in [0, 0.1) is 6.92 Å².